The topological polar surface area (TPSA) is 59.6 Å². The number of rotatable bonds is 7. The number of ether oxygens (including phenoxy) is 2. The summed E-state index contributed by atoms with van der Waals surface area (Å²) < 4.78 is 9.95. The van der Waals surface area contributed by atoms with Crippen LogP contribution in [0.25, 0.3) is 0 Å². The molecule has 1 unspecified atom stereocenters. The second kappa shape index (κ2) is 7.97. The molecule has 1 atom stereocenters. The van der Waals surface area contributed by atoms with E-state index in [-0.39, 0.29) is 12.0 Å². The molecule has 13 heavy (non-hydrogen) atoms. The fourth-order valence-corrected chi connectivity index (χ4v) is 0.847. The maximum atomic E-state index is 11.0. The van der Waals surface area contributed by atoms with Gasteiger partial charge in [-0.15, -0.1) is 0 Å². The van der Waals surface area contributed by atoms with E-state index in [1.165, 1.54) is 0 Å². The summed E-state index contributed by atoms with van der Waals surface area (Å²) in [4.78, 5) is 11.0. The molecule has 0 bridgehead atoms. The van der Waals surface area contributed by atoms with Crippen molar-refractivity contribution >= 4 is 5.91 Å². The normalized spacial score (nSPS) is 12.5. The molecule has 0 spiro atoms. The van der Waals surface area contributed by atoms with Crippen LogP contribution in [0.2, 0.25) is 0 Å². The van der Waals surface area contributed by atoms with Crippen molar-refractivity contribution in [3.05, 3.63) is 0 Å². The molecule has 0 aromatic heterocycles. The van der Waals surface area contributed by atoms with Crippen molar-refractivity contribution in [3.8, 4) is 0 Å². The minimum absolute atomic E-state index is 0.0411. The van der Waals surface area contributed by atoms with Gasteiger partial charge in [0.15, 0.2) is 0 Å². The summed E-state index contributed by atoms with van der Waals surface area (Å²) in [7, 11) is 4.91. The lowest BCUT2D eigenvalue weighted by Gasteiger charge is -2.14. The van der Waals surface area contributed by atoms with Crippen molar-refractivity contribution in [1.82, 2.24) is 10.6 Å². The van der Waals surface area contributed by atoms with Crippen molar-refractivity contribution < 1.29 is 14.3 Å². The molecule has 0 saturated heterocycles. The third-order valence-electron chi connectivity index (χ3n) is 1.55. The molecule has 5 nitrogen and oxygen atoms in total. The van der Waals surface area contributed by atoms with E-state index in [9.17, 15) is 4.79 Å². The predicted octanol–water partition coefficient (Wildman–Crippen LogP) is -1.02. The van der Waals surface area contributed by atoms with Crippen LogP contribution in [0.1, 0.15) is 0 Å². The Labute approximate surface area is 78.8 Å². The van der Waals surface area contributed by atoms with E-state index in [1.807, 2.05) is 0 Å². The highest BCUT2D eigenvalue weighted by Crippen LogP contribution is 1.87. The fraction of sp³-hybridized carbons (Fsp3) is 0.875. The summed E-state index contributed by atoms with van der Waals surface area (Å²) in [6, 6.07) is 0. The highest BCUT2D eigenvalue weighted by Gasteiger charge is 2.07. The first-order chi connectivity index (χ1) is 6.24. The monoisotopic (exact) mass is 190 g/mol. The van der Waals surface area contributed by atoms with E-state index in [2.05, 4.69) is 10.6 Å². The zero-order valence-corrected chi connectivity index (χ0v) is 8.42. The average Bonchev–Trinajstić information content (AvgIpc) is 2.12. The molecule has 2 N–H and O–H groups in total. The van der Waals surface area contributed by atoms with E-state index in [0.29, 0.717) is 19.7 Å². The lowest BCUT2D eigenvalue weighted by Crippen LogP contribution is -2.39. The van der Waals surface area contributed by atoms with E-state index in [4.69, 9.17) is 9.47 Å². The van der Waals surface area contributed by atoms with Gasteiger partial charge in [-0.05, 0) is 7.05 Å². The molecule has 0 aliphatic rings. The Bertz CT molecular complexity index is 141. The van der Waals surface area contributed by atoms with Crippen LogP contribution in [-0.4, -0.2) is 53.0 Å². The second-order valence-corrected chi connectivity index (χ2v) is 2.65. The fourth-order valence-electron chi connectivity index (χ4n) is 0.847. The number of amides is 1. The molecule has 0 saturated carbocycles. The van der Waals surface area contributed by atoms with Gasteiger partial charge in [0.25, 0.3) is 0 Å². The van der Waals surface area contributed by atoms with Crippen LogP contribution in [0.4, 0.5) is 0 Å². The standard InChI is InChI=1S/C8H18N2O3/c1-9-5-8(11)10-4-7(13-3)6-12-2/h7,9H,4-6H2,1-3H3,(H,10,11). The Morgan fingerprint density at radius 3 is 2.62 bits per heavy atom. The minimum atomic E-state index is -0.0780. The Morgan fingerprint density at radius 2 is 2.15 bits per heavy atom. The Balaban J connectivity index is 3.52. The first-order valence-corrected chi connectivity index (χ1v) is 4.17. The number of methoxy groups -OCH3 is 2. The summed E-state index contributed by atoms with van der Waals surface area (Å²) in [6.45, 7) is 1.28. The number of hydrogen-bond donors (Lipinski definition) is 2. The third-order valence-corrected chi connectivity index (χ3v) is 1.55. The van der Waals surface area contributed by atoms with Gasteiger partial charge in [-0.3, -0.25) is 4.79 Å². The van der Waals surface area contributed by atoms with E-state index >= 15 is 0 Å². The molecule has 0 aromatic rings. The van der Waals surface area contributed by atoms with Crippen molar-refractivity contribution in [2.45, 2.75) is 6.10 Å². The molecule has 5 heteroatoms. The van der Waals surface area contributed by atoms with Gasteiger partial charge < -0.3 is 20.1 Å². The third kappa shape index (κ3) is 6.51. The molecule has 0 radical (unpaired) electrons. The summed E-state index contributed by atoms with van der Waals surface area (Å²) in [6.07, 6.45) is -0.0780. The van der Waals surface area contributed by atoms with Gasteiger partial charge in [-0.1, -0.05) is 0 Å². The highest BCUT2D eigenvalue weighted by atomic mass is 16.5. The molecule has 0 aliphatic carbocycles. The molecule has 78 valence electrons. The number of hydrogen-bond acceptors (Lipinski definition) is 4. The Hall–Kier alpha value is -0.650. The van der Waals surface area contributed by atoms with Crippen LogP contribution in [0.15, 0.2) is 0 Å². The molecule has 0 heterocycles. The van der Waals surface area contributed by atoms with Crippen molar-refractivity contribution in [2.24, 2.45) is 0 Å². The maximum absolute atomic E-state index is 11.0. The number of carbonyl (C=O) groups is 1. The molecular formula is C8H18N2O3. The van der Waals surface area contributed by atoms with Crippen LogP contribution in [0.5, 0.6) is 0 Å². The Morgan fingerprint density at radius 1 is 1.46 bits per heavy atom. The van der Waals surface area contributed by atoms with Crippen molar-refractivity contribution in [2.75, 3.05) is 41.0 Å². The first-order valence-electron chi connectivity index (χ1n) is 4.17. The van der Waals surface area contributed by atoms with Crippen LogP contribution in [-0.2, 0) is 14.3 Å². The molecule has 0 aliphatic heterocycles. The molecule has 0 rings (SSSR count). The van der Waals surface area contributed by atoms with E-state index in [1.54, 1.807) is 21.3 Å². The predicted molar refractivity (Wildman–Crippen MR) is 49.6 cm³/mol. The lowest BCUT2D eigenvalue weighted by atomic mass is 10.3. The quantitative estimate of drug-likeness (QED) is 0.539. The van der Waals surface area contributed by atoms with Gasteiger partial charge in [0.1, 0.15) is 0 Å². The number of likely N-dealkylation sites (N-methyl/N-ethyl adjacent to an activating group) is 1. The van der Waals surface area contributed by atoms with Gasteiger partial charge in [0.05, 0.1) is 19.3 Å². The second-order valence-electron chi connectivity index (χ2n) is 2.65. The SMILES string of the molecule is CNCC(=O)NCC(COC)OC. The summed E-state index contributed by atoms with van der Waals surface area (Å²) in [5.41, 5.74) is 0. The molecule has 0 fully saturated rings. The number of nitrogens with one attached hydrogen (secondary N) is 2. The van der Waals surface area contributed by atoms with Gasteiger partial charge in [-0.2, -0.15) is 0 Å². The van der Waals surface area contributed by atoms with Crippen LogP contribution < -0.4 is 10.6 Å². The molecular weight excluding hydrogens is 172 g/mol. The van der Waals surface area contributed by atoms with Gasteiger partial charge in [0.2, 0.25) is 5.91 Å². The summed E-state index contributed by atoms with van der Waals surface area (Å²) in [5, 5.41) is 5.47. The zero-order chi connectivity index (χ0) is 10.1. The van der Waals surface area contributed by atoms with E-state index < -0.39 is 0 Å². The summed E-state index contributed by atoms with van der Waals surface area (Å²) in [5.74, 6) is -0.0411. The first kappa shape index (κ1) is 12.3. The maximum Gasteiger partial charge on any atom is 0.234 e. The average molecular weight is 190 g/mol. The highest BCUT2D eigenvalue weighted by molar-refractivity contribution is 5.77. The van der Waals surface area contributed by atoms with Crippen molar-refractivity contribution in [1.29, 1.82) is 0 Å². The van der Waals surface area contributed by atoms with Crippen molar-refractivity contribution in [3.63, 3.8) is 0 Å². The Kier molecular flexibility index (Phi) is 7.57. The largest absolute Gasteiger partial charge is 0.382 e. The van der Waals surface area contributed by atoms with Crippen LogP contribution >= 0.6 is 0 Å². The summed E-state index contributed by atoms with van der Waals surface area (Å²) >= 11 is 0. The minimum Gasteiger partial charge on any atom is -0.382 e. The molecule has 1 amide bonds. The van der Waals surface area contributed by atoms with Gasteiger partial charge in [-0.25, -0.2) is 0 Å². The molecule has 0 aromatic carbocycles. The lowest BCUT2D eigenvalue weighted by molar-refractivity contribution is -0.120. The van der Waals surface area contributed by atoms with Crippen LogP contribution in [0, 0.1) is 0 Å². The number of carbonyl (C=O) groups excluding carboxylic acids is 1. The van der Waals surface area contributed by atoms with E-state index in [0.717, 1.165) is 0 Å². The van der Waals surface area contributed by atoms with Gasteiger partial charge >= 0.3 is 0 Å². The van der Waals surface area contributed by atoms with Gasteiger partial charge in [0, 0.05) is 20.8 Å². The van der Waals surface area contributed by atoms with Crippen LogP contribution in [0.3, 0.4) is 0 Å². The zero-order valence-electron chi connectivity index (χ0n) is 8.42. The smallest absolute Gasteiger partial charge is 0.234 e.